The van der Waals surface area contributed by atoms with Gasteiger partial charge in [-0.15, -0.1) is 0 Å². The second-order valence-electron chi connectivity index (χ2n) is 4.15. The lowest BCUT2D eigenvalue weighted by molar-refractivity contribution is 0.0952. The fraction of sp³-hybridized carbons (Fsp3) is 0.231. The second-order valence-corrected chi connectivity index (χ2v) is 4.15. The molecular formula is C13H12N2O. The third-order valence-electron chi connectivity index (χ3n) is 2.84. The maximum absolute atomic E-state index is 12.0. The van der Waals surface area contributed by atoms with Gasteiger partial charge in [-0.25, -0.2) is 0 Å². The van der Waals surface area contributed by atoms with E-state index in [-0.39, 0.29) is 5.91 Å². The Hall–Kier alpha value is -1.90. The first-order valence-corrected chi connectivity index (χ1v) is 5.48. The van der Waals surface area contributed by atoms with Gasteiger partial charge in [0.15, 0.2) is 0 Å². The van der Waals surface area contributed by atoms with Gasteiger partial charge in [-0.2, -0.15) is 0 Å². The number of carbonyl (C=O) groups is 1. The Morgan fingerprint density at radius 3 is 3.00 bits per heavy atom. The summed E-state index contributed by atoms with van der Waals surface area (Å²) >= 11 is 0. The molecule has 3 rings (SSSR count). The molecule has 0 saturated heterocycles. The van der Waals surface area contributed by atoms with Gasteiger partial charge in [-0.1, -0.05) is 12.1 Å². The molecule has 1 N–H and O–H groups in total. The summed E-state index contributed by atoms with van der Waals surface area (Å²) in [6.45, 7) is 0. The fourth-order valence-electron chi connectivity index (χ4n) is 1.80. The molecule has 1 fully saturated rings. The maximum atomic E-state index is 12.0. The van der Waals surface area contributed by atoms with E-state index >= 15 is 0 Å². The minimum atomic E-state index is 0.0149. The fourth-order valence-corrected chi connectivity index (χ4v) is 1.80. The zero-order valence-corrected chi connectivity index (χ0v) is 8.81. The number of benzene rings is 1. The van der Waals surface area contributed by atoms with Crippen LogP contribution in [0.4, 0.5) is 0 Å². The molecule has 3 heteroatoms. The smallest absolute Gasteiger partial charge is 0.252 e. The monoisotopic (exact) mass is 212 g/mol. The highest BCUT2D eigenvalue weighted by atomic mass is 16.1. The molecule has 1 aromatic heterocycles. The first-order valence-electron chi connectivity index (χ1n) is 5.48. The third kappa shape index (κ3) is 1.65. The standard InChI is InChI=1S/C13H12N2O/c16-13(15-10-4-5-10)11-3-1-2-9-6-7-14-8-12(9)11/h1-3,6-8,10H,4-5H2,(H,15,16). The molecule has 1 heterocycles. The molecule has 0 radical (unpaired) electrons. The highest BCUT2D eigenvalue weighted by Crippen LogP contribution is 2.21. The van der Waals surface area contributed by atoms with Crippen molar-refractivity contribution in [3.63, 3.8) is 0 Å². The van der Waals surface area contributed by atoms with E-state index in [0.717, 1.165) is 29.2 Å². The van der Waals surface area contributed by atoms with Crippen molar-refractivity contribution in [1.82, 2.24) is 10.3 Å². The van der Waals surface area contributed by atoms with Gasteiger partial charge in [0.05, 0.1) is 0 Å². The van der Waals surface area contributed by atoms with Crippen LogP contribution in [-0.2, 0) is 0 Å². The van der Waals surface area contributed by atoms with Gasteiger partial charge in [0, 0.05) is 29.4 Å². The minimum absolute atomic E-state index is 0.0149. The van der Waals surface area contributed by atoms with E-state index in [2.05, 4.69) is 10.3 Å². The molecule has 0 aliphatic heterocycles. The summed E-state index contributed by atoms with van der Waals surface area (Å²) in [6, 6.07) is 8.06. The van der Waals surface area contributed by atoms with Crippen LogP contribution in [0, 0.1) is 0 Å². The second kappa shape index (κ2) is 3.59. The van der Waals surface area contributed by atoms with Gasteiger partial charge in [0.25, 0.3) is 5.91 Å². The molecule has 0 atom stereocenters. The average molecular weight is 212 g/mol. The molecule has 80 valence electrons. The number of nitrogens with one attached hydrogen (secondary N) is 1. The van der Waals surface area contributed by atoms with Crippen molar-refractivity contribution < 1.29 is 4.79 Å². The van der Waals surface area contributed by atoms with Gasteiger partial charge < -0.3 is 5.32 Å². The zero-order valence-electron chi connectivity index (χ0n) is 8.81. The van der Waals surface area contributed by atoms with Crippen LogP contribution in [0.2, 0.25) is 0 Å². The Bertz CT molecular complexity index is 541. The number of hydrogen-bond acceptors (Lipinski definition) is 2. The molecule has 1 amide bonds. The first-order chi connectivity index (χ1) is 7.84. The Morgan fingerprint density at radius 2 is 2.19 bits per heavy atom. The molecule has 1 aromatic carbocycles. The Kier molecular flexibility index (Phi) is 2.10. The van der Waals surface area contributed by atoms with Gasteiger partial charge in [-0.3, -0.25) is 9.78 Å². The van der Waals surface area contributed by atoms with Crippen molar-refractivity contribution in [2.45, 2.75) is 18.9 Å². The summed E-state index contributed by atoms with van der Waals surface area (Å²) < 4.78 is 0. The van der Waals surface area contributed by atoms with Crippen molar-refractivity contribution in [3.8, 4) is 0 Å². The van der Waals surface area contributed by atoms with E-state index in [0.29, 0.717) is 6.04 Å². The number of fused-ring (bicyclic) bond motifs is 1. The zero-order chi connectivity index (χ0) is 11.0. The van der Waals surface area contributed by atoms with Crippen LogP contribution in [0.3, 0.4) is 0 Å². The molecule has 1 aliphatic rings. The Balaban J connectivity index is 2.04. The van der Waals surface area contributed by atoms with E-state index in [1.165, 1.54) is 0 Å². The van der Waals surface area contributed by atoms with Gasteiger partial charge in [0.2, 0.25) is 0 Å². The van der Waals surface area contributed by atoms with E-state index in [1.807, 2.05) is 24.3 Å². The third-order valence-corrected chi connectivity index (χ3v) is 2.84. The number of hydrogen-bond donors (Lipinski definition) is 1. The van der Waals surface area contributed by atoms with Crippen molar-refractivity contribution in [2.24, 2.45) is 0 Å². The van der Waals surface area contributed by atoms with Crippen LogP contribution >= 0.6 is 0 Å². The van der Waals surface area contributed by atoms with Crippen molar-refractivity contribution in [2.75, 3.05) is 0 Å². The Labute approximate surface area is 93.5 Å². The van der Waals surface area contributed by atoms with Gasteiger partial charge in [0.1, 0.15) is 0 Å². The van der Waals surface area contributed by atoms with Crippen LogP contribution in [-0.4, -0.2) is 16.9 Å². The number of aromatic nitrogens is 1. The van der Waals surface area contributed by atoms with Gasteiger partial charge >= 0.3 is 0 Å². The van der Waals surface area contributed by atoms with Crippen LogP contribution in [0.5, 0.6) is 0 Å². The minimum Gasteiger partial charge on any atom is -0.349 e. The lowest BCUT2D eigenvalue weighted by atomic mass is 10.1. The van der Waals surface area contributed by atoms with E-state index in [9.17, 15) is 4.79 Å². The van der Waals surface area contributed by atoms with Crippen LogP contribution in [0.15, 0.2) is 36.7 Å². The number of carbonyl (C=O) groups excluding carboxylic acids is 1. The van der Waals surface area contributed by atoms with Crippen molar-refractivity contribution in [1.29, 1.82) is 0 Å². The number of nitrogens with zero attached hydrogens (tertiary/aromatic N) is 1. The first kappa shape index (κ1) is 9.33. The molecule has 1 aliphatic carbocycles. The lowest BCUT2D eigenvalue weighted by Crippen LogP contribution is -2.25. The van der Waals surface area contributed by atoms with E-state index < -0.39 is 0 Å². The van der Waals surface area contributed by atoms with E-state index in [1.54, 1.807) is 12.4 Å². The molecule has 0 unspecified atom stereocenters. The quantitative estimate of drug-likeness (QED) is 0.828. The summed E-state index contributed by atoms with van der Waals surface area (Å²) in [5, 5.41) is 4.97. The molecule has 1 saturated carbocycles. The summed E-state index contributed by atoms with van der Waals surface area (Å²) in [7, 11) is 0. The molecule has 0 bridgehead atoms. The number of rotatable bonds is 2. The predicted molar refractivity (Wildman–Crippen MR) is 62.2 cm³/mol. The summed E-state index contributed by atoms with van der Waals surface area (Å²) in [5.74, 6) is 0.0149. The van der Waals surface area contributed by atoms with Crippen LogP contribution in [0.1, 0.15) is 23.2 Å². The molecule has 3 nitrogen and oxygen atoms in total. The topological polar surface area (TPSA) is 42.0 Å². The van der Waals surface area contributed by atoms with E-state index in [4.69, 9.17) is 0 Å². The van der Waals surface area contributed by atoms with Crippen LogP contribution in [0.25, 0.3) is 10.8 Å². The molecule has 16 heavy (non-hydrogen) atoms. The summed E-state index contributed by atoms with van der Waals surface area (Å²) in [5.41, 5.74) is 0.720. The van der Waals surface area contributed by atoms with Crippen molar-refractivity contribution in [3.05, 3.63) is 42.2 Å². The number of amides is 1. The summed E-state index contributed by atoms with van der Waals surface area (Å²) in [6.07, 6.45) is 5.70. The highest BCUT2D eigenvalue weighted by Gasteiger charge is 2.24. The SMILES string of the molecule is O=C(NC1CC1)c1cccc2ccncc12. The normalized spacial score (nSPS) is 15.0. The largest absolute Gasteiger partial charge is 0.349 e. The predicted octanol–water partition coefficient (Wildman–Crippen LogP) is 2.13. The average Bonchev–Trinajstić information content (AvgIpc) is 3.12. The summed E-state index contributed by atoms with van der Waals surface area (Å²) in [4.78, 5) is 16.0. The molecular weight excluding hydrogens is 200 g/mol. The van der Waals surface area contributed by atoms with Crippen LogP contribution < -0.4 is 5.32 Å². The number of pyridine rings is 1. The highest BCUT2D eigenvalue weighted by molar-refractivity contribution is 6.06. The molecule has 0 spiro atoms. The van der Waals surface area contributed by atoms with Gasteiger partial charge in [-0.05, 0) is 30.4 Å². The van der Waals surface area contributed by atoms with Crippen molar-refractivity contribution >= 4 is 16.7 Å². The maximum Gasteiger partial charge on any atom is 0.252 e. The lowest BCUT2D eigenvalue weighted by Gasteiger charge is -2.06. The Morgan fingerprint density at radius 1 is 1.31 bits per heavy atom. The molecule has 2 aromatic rings.